The molecule has 4 nitrogen and oxygen atoms in total. The maximum Gasteiger partial charge on any atom is 0.287 e. The summed E-state index contributed by atoms with van der Waals surface area (Å²) in [4.78, 5) is 0. The second-order valence-electron chi connectivity index (χ2n) is 7.25. The number of benzene rings is 2. The van der Waals surface area contributed by atoms with E-state index in [2.05, 4.69) is 0 Å². The maximum atomic E-state index is 14.9. The van der Waals surface area contributed by atoms with Gasteiger partial charge in [0.2, 0.25) is 0 Å². The molecule has 152 valence electrons. The average molecular weight is 392 g/mol. The topological polar surface area (TPSA) is 58.9 Å². The first-order valence-corrected chi connectivity index (χ1v) is 9.48. The van der Waals surface area contributed by atoms with Crippen molar-refractivity contribution in [2.45, 2.75) is 43.8 Å². The minimum atomic E-state index is -3.12. The zero-order valence-electron chi connectivity index (χ0n) is 15.9. The number of rotatable bonds is 7. The van der Waals surface area contributed by atoms with Gasteiger partial charge in [-0.05, 0) is 42.2 Å². The van der Waals surface area contributed by atoms with Gasteiger partial charge in [-0.2, -0.15) is 0 Å². The Kier molecular flexibility index (Phi) is 6.52. The van der Waals surface area contributed by atoms with Gasteiger partial charge in [0.25, 0.3) is 5.92 Å². The van der Waals surface area contributed by atoms with Gasteiger partial charge in [0, 0.05) is 25.4 Å². The lowest BCUT2D eigenvalue weighted by atomic mass is 9.80. The highest BCUT2D eigenvalue weighted by Gasteiger charge is 2.53. The molecule has 0 aliphatic heterocycles. The molecule has 0 bridgehead atoms. The molecule has 0 aromatic heterocycles. The van der Waals surface area contributed by atoms with Gasteiger partial charge in [-0.3, -0.25) is 0 Å². The molecule has 0 radical (unpaired) electrons. The first kappa shape index (κ1) is 20.6. The van der Waals surface area contributed by atoms with Crippen LogP contribution in [0.1, 0.15) is 30.4 Å². The van der Waals surface area contributed by atoms with Gasteiger partial charge in [-0.15, -0.1) is 0 Å². The van der Waals surface area contributed by atoms with Crippen LogP contribution in [0.2, 0.25) is 0 Å². The molecule has 1 aliphatic rings. The fraction of sp³-hybridized carbons (Fsp3) is 0.455. The molecule has 0 spiro atoms. The summed E-state index contributed by atoms with van der Waals surface area (Å²) < 4.78 is 40.6. The molecule has 1 aliphatic carbocycles. The minimum absolute atomic E-state index is 0.0269. The number of hydrogen-bond acceptors (Lipinski definition) is 4. The van der Waals surface area contributed by atoms with E-state index >= 15 is 0 Å². The van der Waals surface area contributed by atoms with E-state index in [9.17, 15) is 13.9 Å². The lowest BCUT2D eigenvalue weighted by Gasteiger charge is -2.40. The number of halogens is 2. The van der Waals surface area contributed by atoms with Crippen molar-refractivity contribution in [2.24, 2.45) is 5.92 Å². The van der Waals surface area contributed by atoms with Crippen LogP contribution in [0.15, 0.2) is 48.5 Å². The number of methoxy groups -OCH3 is 1. The van der Waals surface area contributed by atoms with Gasteiger partial charge >= 0.3 is 0 Å². The summed E-state index contributed by atoms with van der Waals surface area (Å²) in [5.74, 6) is -3.08. The van der Waals surface area contributed by atoms with Gasteiger partial charge in [-0.1, -0.05) is 30.3 Å². The van der Waals surface area contributed by atoms with Crippen LogP contribution in [-0.4, -0.2) is 42.1 Å². The molecular weight excluding hydrogens is 366 g/mol. The quantitative estimate of drug-likeness (QED) is 0.752. The molecule has 0 heterocycles. The van der Waals surface area contributed by atoms with Crippen LogP contribution in [0.5, 0.6) is 11.5 Å². The Labute approximate surface area is 163 Å². The molecule has 28 heavy (non-hydrogen) atoms. The van der Waals surface area contributed by atoms with E-state index in [1.54, 1.807) is 19.2 Å². The molecular formula is C22H26F2O4. The highest BCUT2D eigenvalue weighted by atomic mass is 19.3. The second kappa shape index (κ2) is 8.88. The van der Waals surface area contributed by atoms with Crippen LogP contribution < -0.4 is 9.47 Å². The van der Waals surface area contributed by atoms with Crippen molar-refractivity contribution >= 4 is 0 Å². The van der Waals surface area contributed by atoms with Crippen molar-refractivity contribution < 1.29 is 28.5 Å². The Bertz CT molecular complexity index is 763. The summed E-state index contributed by atoms with van der Waals surface area (Å²) in [6, 6.07) is 14.7. The van der Waals surface area contributed by atoms with Crippen molar-refractivity contribution in [3.8, 4) is 11.5 Å². The number of ether oxygens (including phenoxy) is 2. The standard InChI is InChI=1S/C22H26F2O4/c1-27-19-8-6-15(7-9-19)12-16-4-2-3-5-20(16)28-21-14-18(26)13-17(10-11-25)22(21,23)24/h2-9,17-18,21,25-26H,10-14H2,1H3/t17?,18-,21?/m0/s1. The number of aliphatic hydroxyl groups excluding tert-OH is 2. The minimum Gasteiger partial charge on any atom is -0.497 e. The van der Waals surface area contributed by atoms with E-state index in [4.69, 9.17) is 14.6 Å². The molecule has 3 rings (SSSR count). The maximum absolute atomic E-state index is 14.9. The number of hydrogen-bond donors (Lipinski definition) is 2. The van der Waals surface area contributed by atoms with Gasteiger partial charge in [0.05, 0.1) is 13.2 Å². The van der Waals surface area contributed by atoms with Crippen molar-refractivity contribution in [3.05, 3.63) is 59.7 Å². The van der Waals surface area contributed by atoms with Gasteiger partial charge in [0.1, 0.15) is 11.5 Å². The predicted octanol–water partition coefficient (Wildman–Crippen LogP) is 3.82. The third-order valence-corrected chi connectivity index (χ3v) is 5.29. The summed E-state index contributed by atoms with van der Waals surface area (Å²) in [7, 11) is 1.60. The molecule has 1 fully saturated rings. The molecule has 2 N–H and O–H groups in total. The third kappa shape index (κ3) is 4.62. The number of aliphatic hydroxyl groups is 2. The first-order valence-electron chi connectivity index (χ1n) is 9.48. The van der Waals surface area contributed by atoms with Crippen molar-refractivity contribution in [3.63, 3.8) is 0 Å². The van der Waals surface area contributed by atoms with E-state index in [-0.39, 0.29) is 25.9 Å². The van der Waals surface area contributed by atoms with E-state index in [0.29, 0.717) is 12.2 Å². The summed E-state index contributed by atoms with van der Waals surface area (Å²) in [5.41, 5.74) is 1.80. The molecule has 1 saturated carbocycles. The average Bonchev–Trinajstić information content (AvgIpc) is 2.68. The molecule has 2 aromatic rings. The number of alkyl halides is 2. The highest BCUT2D eigenvalue weighted by molar-refractivity contribution is 5.39. The Morgan fingerprint density at radius 3 is 2.46 bits per heavy atom. The Balaban J connectivity index is 1.80. The Morgan fingerprint density at radius 2 is 1.79 bits per heavy atom. The van der Waals surface area contributed by atoms with Gasteiger partial charge < -0.3 is 19.7 Å². The van der Waals surface area contributed by atoms with Gasteiger partial charge in [0.15, 0.2) is 6.10 Å². The normalized spacial score (nSPS) is 24.0. The van der Waals surface area contributed by atoms with Crippen LogP contribution in [0.25, 0.3) is 0 Å². The third-order valence-electron chi connectivity index (χ3n) is 5.29. The largest absolute Gasteiger partial charge is 0.497 e. The summed E-state index contributed by atoms with van der Waals surface area (Å²) >= 11 is 0. The number of para-hydroxylation sites is 1. The molecule has 0 saturated heterocycles. The van der Waals surface area contributed by atoms with Crippen LogP contribution in [0.4, 0.5) is 8.78 Å². The lowest BCUT2D eigenvalue weighted by molar-refractivity contribution is -0.182. The molecule has 0 amide bonds. The highest BCUT2D eigenvalue weighted by Crippen LogP contribution is 2.43. The van der Waals surface area contributed by atoms with E-state index in [0.717, 1.165) is 16.9 Å². The van der Waals surface area contributed by atoms with E-state index in [1.807, 2.05) is 36.4 Å². The molecule has 3 atom stereocenters. The van der Waals surface area contributed by atoms with Crippen LogP contribution >= 0.6 is 0 Å². The Hall–Kier alpha value is -2.18. The summed E-state index contributed by atoms with van der Waals surface area (Å²) in [6.07, 6.45) is -1.98. The smallest absolute Gasteiger partial charge is 0.287 e. The van der Waals surface area contributed by atoms with E-state index in [1.165, 1.54) is 0 Å². The van der Waals surface area contributed by atoms with Crippen molar-refractivity contribution in [1.29, 1.82) is 0 Å². The molecule has 2 unspecified atom stereocenters. The SMILES string of the molecule is COc1ccc(Cc2ccccc2OC2C[C@@H](O)CC(CCO)C2(F)F)cc1. The second-order valence-corrected chi connectivity index (χ2v) is 7.25. The van der Waals surface area contributed by atoms with E-state index < -0.39 is 24.0 Å². The fourth-order valence-electron chi connectivity index (χ4n) is 3.72. The monoisotopic (exact) mass is 392 g/mol. The fourth-order valence-corrected chi connectivity index (χ4v) is 3.72. The summed E-state index contributed by atoms with van der Waals surface area (Å²) in [5, 5.41) is 19.1. The van der Waals surface area contributed by atoms with Gasteiger partial charge in [-0.25, -0.2) is 8.78 Å². The zero-order chi connectivity index (χ0) is 20.1. The predicted molar refractivity (Wildman–Crippen MR) is 102 cm³/mol. The molecule has 6 heteroatoms. The Morgan fingerprint density at radius 1 is 1.07 bits per heavy atom. The zero-order valence-corrected chi connectivity index (χ0v) is 15.9. The van der Waals surface area contributed by atoms with Crippen LogP contribution in [-0.2, 0) is 6.42 Å². The summed E-state index contributed by atoms with van der Waals surface area (Å²) in [6.45, 7) is -0.340. The van der Waals surface area contributed by atoms with Crippen LogP contribution in [0.3, 0.4) is 0 Å². The lowest BCUT2D eigenvalue weighted by Crippen LogP contribution is -2.51. The van der Waals surface area contributed by atoms with Crippen LogP contribution in [0, 0.1) is 5.92 Å². The first-order chi connectivity index (χ1) is 13.4. The molecule has 2 aromatic carbocycles. The van der Waals surface area contributed by atoms with Crippen molar-refractivity contribution in [1.82, 2.24) is 0 Å². The van der Waals surface area contributed by atoms with Crippen molar-refractivity contribution in [2.75, 3.05) is 13.7 Å².